The minimum absolute atomic E-state index is 0.0395. The molecule has 3 N–H and O–H groups in total. The molecule has 1 heterocycles. The van der Waals surface area contributed by atoms with Gasteiger partial charge in [-0.15, -0.1) is 0 Å². The molecule has 9 nitrogen and oxygen atoms in total. The third-order valence-electron chi connectivity index (χ3n) is 6.13. The molecule has 1 aliphatic carbocycles. The maximum Gasteiger partial charge on any atom is 0.255 e. The molecule has 1 aliphatic heterocycles. The van der Waals surface area contributed by atoms with Crippen molar-refractivity contribution in [1.29, 1.82) is 0 Å². The van der Waals surface area contributed by atoms with Crippen LogP contribution in [0.4, 0.5) is 5.69 Å². The highest BCUT2D eigenvalue weighted by Gasteiger charge is 2.29. The van der Waals surface area contributed by atoms with Crippen LogP contribution >= 0.6 is 0 Å². The van der Waals surface area contributed by atoms with Crippen LogP contribution in [0.1, 0.15) is 52.8 Å². The summed E-state index contributed by atoms with van der Waals surface area (Å²) < 4.78 is 27.0. The fourth-order valence-corrected chi connectivity index (χ4v) is 5.41. The molecule has 2 aromatic carbocycles. The second-order valence-corrected chi connectivity index (χ2v) is 10.8. The Balaban J connectivity index is 1.27. The van der Waals surface area contributed by atoms with Gasteiger partial charge in [-0.2, -0.15) is 4.31 Å². The first kappa shape index (κ1) is 24.9. The van der Waals surface area contributed by atoms with E-state index in [4.69, 9.17) is 0 Å². The highest BCUT2D eigenvalue weighted by molar-refractivity contribution is 7.89. The van der Waals surface area contributed by atoms with Crippen LogP contribution in [-0.4, -0.2) is 56.6 Å². The number of hydrogen-bond acceptors (Lipinski definition) is 5. The Morgan fingerprint density at radius 3 is 1.97 bits per heavy atom. The maximum atomic E-state index is 12.8. The predicted molar refractivity (Wildman–Crippen MR) is 132 cm³/mol. The zero-order valence-electron chi connectivity index (χ0n) is 19.5. The number of nitrogens with zero attached hydrogens (tertiary/aromatic N) is 1. The molecule has 2 fully saturated rings. The van der Waals surface area contributed by atoms with Crippen LogP contribution < -0.4 is 16.0 Å². The van der Waals surface area contributed by atoms with Gasteiger partial charge in [-0.3, -0.25) is 14.4 Å². The minimum atomic E-state index is -3.55. The van der Waals surface area contributed by atoms with Crippen molar-refractivity contribution in [2.24, 2.45) is 5.92 Å². The summed E-state index contributed by atoms with van der Waals surface area (Å²) in [5.41, 5.74) is 1.27. The number of hydrogen-bond donors (Lipinski definition) is 3. The molecule has 0 unspecified atom stereocenters. The van der Waals surface area contributed by atoms with E-state index >= 15 is 0 Å². The molecule has 4 rings (SSSR count). The molecule has 0 atom stereocenters. The van der Waals surface area contributed by atoms with Gasteiger partial charge in [0, 0.05) is 48.9 Å². The summed E-state index contributed by atoms with van der Waals surface area (Å²) >= 11 is 0. The van der Waals surface area contributed by atoms with E-state index in [0.717, 1.165) is 32.1 Å². The van der Waals surface area contributed by atoms with Crippen LogP contribution in [0.25, 0.3) is 0 Å². The van der Waals surface area contributed by atoms with Gasteiger partial charge in [-0.05, 0) is 74.2 Å². The van der Waals surface area contributed by atoms with E-state index in [1.807, 2.05) is 0 Å². The molecular formula is C25H30N4O5S. The van der Waals surface area contributed by atoms with Crippen molar-refractivity contribution in [3.63, 3.8) is 0 Å². The van der Waals surface area contributed by atoms with Gasteiger partial charge in [-0.25, -0.2) is 8.42 Å². The molecule has 10 heteroatoms. The molecule has 186 valence electrons. The van der Waals surface area contributed by atoms with Crippen LogP contribution in [0, 0.1) is 5.92 Å². The summed E-state index contributed by atoms with van der Waals surface area (Å²) in [7, 11) is -3.55. The molecular weight excluding hydrogens is 468 g/mol. The molecule has 35 heavy (non-hydrogen) atoms. The molecule has 0 bridgehead atoms. The normalized spacial score (nSPS) is 16.3. The van der Waals surface area contributed by atoms with E-state index in [-0.39, 0.29) is 28.5 Å². The number of carbonyl (C=O) groups excluding carboxylic acids is 3. The third-order valence-corrected chi connectivity index (χ3v) is 8.05. The lowest BCUT2D eigenvalue weighted by Crippen LogP contribution is -2.35. The Hall–Kier alpha value is -3.24. The zero-order valence-corrected chi connectivity index (χ0v) is 20.3. The quantitative estimate of drug-likeness (QED) is 0.458. The van der Waals surface area contributed by atoms with Crippen molar-refractivity contribution in [3.8, 4) is 0 Å². The van der Waals surface area contributed by atoms with E-state index in [1.54, 1.807) is 24.3 Å². The van der Waals surface area contributed by atoms with Crippen molar-refractivity contribution in [2.45, 2.75) is 37.0 Å². The van der Waals surface area contributed by atoms with Gasteiger partial charge in [-0.1, -0.05) is 6.42 Å². The van der Waals surface area contributed by atoms with E-state index in [0.29, 0.717) is 43.0 Å². The molecule has 0 spiro atoms. The van der Waals surface area contributed by atoms with Gasteiger partial charge >= 0.3 is 0 Å². The van der Waals surface area contributed by atoms with Gasteiger partial charge in [0.15, 0.2) is 0 Å². The number of amides is 3. The Morgan fingerprint density at radius 2 is 1.34 bits per heavy atom. The maximum absolute atomic E-state index is 12.8. The van der Waals surface area contributed by atoms with Crippen LogP contribution in [0.15, 0.2) is 53.4 Å². The molecule has 3 amide bonds. The second kappa shape index (κ2) is 11.0. The van der Waals surface area contributed by atoms with E-state index in [1.165, 1.54) is 28.6 Å². The summed E-state index contributed by atoms with van der Waals surface area (Å²) in [6.45, 7) is 1.76. The second-order valence-electron chi connectivity index (χ2n) is 8.84. The van der Waals surface area contributed by atoms with Crippen LogP contribution in [0.5, 0.6) is 0 Å². The summed E-state index contributed by atoms with van der Waals surface area (Å²) in [5, 5.41) is 8.29. The summed E-state index contributed by atoms with van der Waals surface area (Å²) in [6.07, 6.45) is 4.63. The monoisotopic (exact) mass is 498 g/mol. The lowest BCUT2D eigenvalue weighted by molar-refractivity contribution is -0.122. The van der Waals surface area contributed by atoms with Crippen LogP contribution in [0.3, 0.4) is 0 Å². The Kier molecular flexibility index (Phi) is 7.82. The minimum Gasteiger partial charge on any atom is -0.354 e. The average molecular weight is 499 g/mol. The number of piperidine rings is 1. The summed E-state index contributed by atoms with van der Waals surface area (Å²) in [6, 6.07) is 12.3. The summed E-state index contributed by atoms with van der Waals surface area (Å²) in [4.78, 5) is 36.6. The molecule has 2 aliphatic rings. The number of sulfonamides is 1. The van der Waals surface area contributed by atoms with E-state index < -0.39 is 10.0 Å². The highest BCUT2D eigenvalue weighted by Crippen LogP contribution is 2.28. The SMILES string of the molecule is O=C(NCCNC(=O)C1CC1)c1ccc(NC(=O)c2ccc(S(=O)(=O)N3CCCCC3)cc2)cc1. The van der Waals surface area contributed by atoms with Crippen molar-refractivity contribution >= 4 is 33.4 Å². The highest BCUT2D eigenvalue weighted by atomic mass is 32.2. The largest absolute Gasteiger partial charge is 0.354 e. The van der Waals surface area contributed by atoms with E-state index in [2.05, 4.69) is 16.0 Å². The molecule has 1 saturated carbocycles. The average Bonchev–Trinajstić information content (AvgIpc) is 3.73. The third kappa shape index (κ3) is 6.46. The van der Waals surface area contributed by atoms with Gasteiger partial charge in [0.05, 0.1) is 4.90 Å². The van der Waals surface area contributed by atoms with Crippen molar-refractivity contribution in [1.82, 2.24) is 14.9 Å². The molecule has 1 saturated heterocycles. The number of benzene rings is 2. The fourth-order valence-electron chi connectivity index (χ4n) is 3.89. The number of nitrogens with one attached hydrogen (secondary N) is 3. The topological polar surface area (TPSA) is 125 Å². The van der Waals surface area contributed by atoms with Gasteiger partial charge in [0.25, 0.3) is 11.8 Å². The standard InChI is InChI=1S/C25H30N4O5S/c30-23(18-4-5-18)26-14-15-27-24(31)19-6-10-21(11-7-19)28-25(32)20-8-12-22(13-9-20)35(33,34)29-16-2-1-3-17-29/h6-13,18H,1-5,14-17H2,(H,26,30)(H,27,31)(H,28,32). The lowest BCUT2D eigenvalue weighted by atomic mass is 10.1. The number of anilines is 1. The number of rotatable bonds is 9. The molecule has 2 aromatic rings. The fraction of sp³-hybridized carbons (Fsp3) is 0.400. The van der Waals surface area contributed by atoms with Crippen molar-refractivity contribution in [2.75, 3.05) is 31.5 Å². The Bertz CT molecular complexity index is 1170. The van der Waals surface area contributed by atoms with Crippen LogP contribution in [-0.2, 0) is 14.8 Å². The first-order valence-corrected chi connectivity index (χ1v) is 13.4. The first-order chi connectivity index (χ1) is 16.8. The van der Waals surface area contributed by atoms with Gasteiger partial charge < -0.3 is 16.0 Å². The Labute approximate surface area is 205 Å². The van der Waals surface area contributed by atoms with Crippen molar-refractivity contribution in [3.05, 3.63) is 59.7 Å². The predicted octanol–water partition coefficient (Wildman–Crippen LogP) is 2.37. The van der Waals surface area contributed by atoms with Crippen LogP contribution in [0.2, 0.25) is 0 Å². The van der Waals surface area contributed by atoms with E-state index in [9.17, 15) is 22.8 Å². The van der Waals surface area contributed by atoms with Crippen molar-refractivity contribution < 1.29 is 22.8 Å². The van der Waals surface area contributed by atoms with Gasteiger partial charge in [0.1, 0.15) is 0 Å². The molecule has 0 aromatic heterocycles. The van der Waals surface area contributed by atoms with Gasteiger partial charge in [0.2, 0.25) is 15.9 Å². The lowest BCUT2D eigenvalue weighted by Gasteiger charge is -2.25. The zero-order chi connectivity index (χ0) is 24.8. The summed E-state index contributed by atoms with van der Waals surface area (Å²) in [5.74, 6) is -0.471. The first-order valence-electron chi connectivity index (χ1n) is 11.9. The molecule has 0 radical (unpaired) electrons. The smallest absolute Gasteiger partial charge is 0.255 e. The number of carbonyl (C=O) groups is 3. The Morgan fingerprint density at radius 1 is 0.771 bits per heavy atom.